The molecule has 0 saturated carbocycles. The third-order valence-electron chi connectivity index (χ3n) is 7.51. The Morgan fingerprint density at radius 3 is 1.89 bits per heavy atom. The Kier molecular flexibility index (Phi) is 15.1. The van der Waals surface area contributed by atoms with Crippen LogP contribution >= 0.6 is 7.60 Å². The van der Waals surface area contributed by atoms with Crippen molar-refractivity contribution in [3.05, 3.63) is 102 Å². The molecule has 4 N–H and O–H groups in total. The Morgan fingerprint density at radius 2 is 1.34 bits per heavy atom. The molecule has 0 aliphatic rings. The van der Waals surface area contributed by atoms with Crippen molar-refractivity contribution in [1.82, 2.24) is 10.6 Å². The summed E-state index contributed by atoms with van der Waals surface area (Å²) in [5.74, 6) is -1.56. The number of hydrogen-bond acceptors (Lipinski definition) is 8. The van der Waals surface area contributed by atoms with Gasteiger partial charge >= 0.3 is 13.7 Å². The van der Waals surface area contributed by atoms with E-state index in [1.54, 1.807) is 38.1 Å². The van der Waals surface area contributed by atoms with E-state index in [0.29, 0.717) is 17.7 Å². The maximum Gasteiger partial charge on any atom is 0.408 e. The molecule has 4 atom stereocenters. The van der Waals surface area contributed by atoms with Crippen LogP contribution < -0.4 is 16.0 Å². The van der Waals surface area contributed by atoms with Gasteiger partial charge in [-0.3, -0.25) is 14.2 Å². The van der Waals surface area contributed by atoms with Gasteiger partial charge in [0.05, 0.1) is 25.4 Å². The number of carbonyl (C=O) groups excluding carboxylic acids is 3. The van der Waals surface area contributed by atoms with Crippen LogP contribution in [0.5, 0.6) is 0 Å². The largest absolute Gasteiger partial charge is 0.445 e. The van der Waals surface area contributed by atoms with Crippen molar-refractivity contribution in [2.24, 2.45) is 5.92 Å². The van der Waals surface area contributed by atoms with E-state index in [1.807, 2.05) is 74.5 Å². The molecule has 11 nitrogen and oxygen atoms in total. The van der Waals surface area contributed by atoms with Crippen molar-refractivity contribution in [2.45, 2.75) is 71.5 Å². The van der Waals surface area contributed by atoms with Gasteiger partial charge in [-0.25, -0.2) is 4.79 Å². The van der Waals surface area contributed by atoms with E-state index in [2.05, 4.69) is 16.0 Å². The normalized spacial score (nSPS) is 13.9. The number of rotatable bonds is 18. The Bertz CT molecular complexity index is 1450. The van der Waals surface area contributed by atoms with Gasteiger partial charge in [0.15, 0.2) is 6.10 Å². The number of amides is 3. The Balaban J connectivity index is 1.72. The van der Waals surface area contributed by atoms with Gasteiger partial charge in [-0.15, -0.1) is 0 Å². The Labute approximate surface area is 276 Å². The Morgan fingerprint density at radius 1 is 0.766 bits per heavy atom. The monoisotopic (exact) mass is 667 g/mol. The number of hydrogen-bond donors (Lipinski definition) is 4. The zero-order valence-electron chi connectivity index (χ0n) is 27.4. The van der Waals surface area contributed by atoms with Crippen molar-refractivity contribution in [3.8, 4) is 0 Å². The van der Waals surface area contributed by atoms with Crippen LogP contribution in [0.2, 0.25) is 0 Å². The number of ether oxygens (including phenoxy) is 1. The van der Waals surface area contributed by atoms with E-state index >= 15 is 0 Å². The lowest BCUT2D eigenvalue weighted by Crippen LogP contribution is -2.57. The standard InChI is InChI=1S/C35H46N3O8P/c1-5-25(4)31(38-35(42)44-23-27-16-12-9-13-17-27)33(40)37-30(22-26-14-10-8-11-15-26)32(39)34(41)36-29-20-18-28(19-21-29)24-47(43,45-6-2)46-7-3/h8-21,25,30-32,39H,5-7,22-24H2,1-4H3,(H,36,41)(H,37,40)(H,38,42)/t25-,30-,31-,32+/m0/s1. The van der Waals surface area contributed by atoms with Crippen LogP contribution in [0.1, 0.15) is 50.8 Å². The fraction of sp³-hybridized carbons (Fsp3) is 0.400. The molecule has 0 unspecified atom stereocenters. The maximum atomic E-state index is 13.6. The summed E-state index contributed by atoms with van der Waals surface area (Å²) in [6, 6.07) is 22.9. The molecule has 3 aromatic rings. The van der Waals surface area contributed by atoms with Gasteiger partial charge < -0.3 is 34.8 Å². The highest BCUT2D eigenvalue weighted by molar-refractivity contribution is 7.53. The topological polar surface area (TPSA) is 152 Å². The van der Waals surface area contributed by atoms with Crippen molar-refractivity contribution in [2.75, 3.05) is 18.5 Å². The number of alkyl carbamates (subject to hydrolysis) is 1. The lowest BCUT2D eigenvalue weighted by atomic mass is 9.96. The average Bonchev–Trinajstić information content (AvgIpc) is 3.07. The molecule has 47 heavy (non-hydrogen) atoms. The number of anilines is 1. The zero-order valence-corrected chi connectivity index (χ0v) is 28.3. The highest BCUT2D eigenvalue weighted by Crippen LogP contribution is 2.51. The molecule has 0 saturated heterocycles. The van der Waals surface area contributed by atoms with Gasteiger partial charge in [0.25, 0.3) is 5.91 Å². The van der Waals surface area contributed by atoms with Crippen molar-refractivity contribution in [1.29, 1.82) is 0 Å². The highest BCUT2D eigenvalue weighted by Gasteiger charge is 2.33. The summed E-state index contributed by atoms with van der Waals surface area (Å²) in [6.07, 6.45) is -1.60. The van der Waals surface area contributed by atoms with Gasteiger partial charge in [0.1, 0.15) is 12.6 Å². The summed E-state index contributed by atoms with van der Waals surface area (Å²) in [5, 5.41) is 19.4. The quantitative estimate of drug-likeness (QED) is 0.124. The molecule has 0 aliphatic heterocycles. The van der Waals surface area contributed by atoms with E-state index < -0.39 is 43.7 Å². The van der Waals surface area contributed by atoms with Crippen LogP contribution in [-0.4, -0.2) is 54.4 Å². The molecule has 3 aromatic carbocycles. The first-order valence-electron chi connectivity index (χ1n) is 15.8. The highest BCUT2D eigenvalue weighted by atomic mass is 31.2. The molecule has 0 radical (unpaired) electrons. The lowest BCUT2D eigenvalue weighted by Gasteiger charge is -2.28. The van der Waals surface area contributed by atoms with E-state index in [9.17, 15) is 24.1 Å². The average molecular weight is 668 g/mol. The smallest absolute Gasteiger partial charge is 0.408 e. The third-order valence-corrected chi connectivity index (χ3v) is 9.56. The predicted octanol–water partition coefficient (Wildman–Crippen LogP) is 5.82. The molecule has 0 heterocycles. The summed E-state index contributed by atoms with van der Waals surface area (Å²) in [4.78, 5) is 39.6. The molecular weight excluding hydrogens is 621 g/mol. The summed E-state index contributed by atoms with van der Waals surface area (Å²) >= 11 is 0. The molecule has 3 amide bonds. The molecule has 12 heteroatoms. The van der Waals surface area contributed by atoms with Gasteiger partial charge in [-0.2, -0.15) is 0 Å². The van der Waals surface area contributed by atoms with Crippen LogP contribution in [0.15, 0.2) is 84.9 Å². The number of aliphatic hydroxyl groups excluding tert-OH is 1. The SMILES string of the molecule is CCOP(=O)(Cc1ccc(NC(=O)[C@H](O)[C@H](Cc2ccccc2)NC(=O)[C@@H](NC(=O)OCc2ccccc2)[C@@H](C)CC)cc1)OCC. The lowest BCUT2D eigenvalue weighted by molar-refractivity contribution is -0.129. The van der Waals surface area contributed by atoms with E-state index in [-0.39, 0.29) is 38.3 Å². The first-order chi connectivity index (χ1) is 22.6. The fourth-order valence-corrected chi connectivity index (χ4v) is 6.52. The van der Waals surface area contributed by atoms with Crippen LogP contribution in [0.3, 0.4) is 0 Å². The molecule has 3 rings (SSSR count). The summed E-state index contributed by atoms with van der Waals surface area (Å²) < 4.78 is 29.0. The number of carbonyl (C=O) groups is 3. The summed E-state index contributed by atoms with van der Waals surface area (Å²) in [5.41, 5.74) is 2.67. The van der Waals surface area contributed by atoms with Crippen LogP contribution in [0.25, 0.3) is 0 Å². The molecular formula is C35H46N3O8P. The molecule has 254 valence electrons. The second-order valence-electron chi connectivity index (χ2n) is 11.1. The van der Waals surface area contributed by atoms with Gasteiger partial charge in [0, 0.05) is 5.69 Å². The van der Waals surface area contributed by atoms with E-state index in [1.165, 1.54) is 0 Å². The van der Waals surface area contributed by atoms with Crippen molar-refractivity contribution in [3.63, 3.8) is 0 Å². The molecule has 0 aliphatic carbocycles. The summed E-state index contributed by atoms with van der Waals surface area (Å²) in [7, 11) is -3.31. The molecule has 0 fully saturated rings. The molecule has 0 spiro atoms. The second kappa shape index (κ2) is 19.0. The minimum Gasteiger partial charge on any atom is -0.445 e. The third kappa shape index (κ3) is 12.3. The Hall–Kier alpha value is -4.02. The van der Waals surface area contributed by atoms with Crippen LogP contribution in [0, 0.1) is 5.92 Å². The first-order valence-corrected chi connectivity index (χ1v) is 17.6. The van der Waals surface area contributed by atoms with Gasteiger partial charge in [0.2, 0.25) is 5.91 Å². The molecule has 0 bridgehead atoms. The first kappa shape index (κ1) is 37.4. The number of nitrogens with one attached hydrogen (secondary N) is 3. The molecule has 0 aromatic heterocycles. The van der Waals surface area contributed by atoms with Crippen molar-refractivity contribution < 1.29 is 37.8 Å². The minimum absolute atomic E-state index is 0.0381. The van der Waals surface area contributed by atoms with Gasteiger partial charge in [-0.05, 0) is 55.0 Å². The van der Waals surface area contributed by atoms with Crippen LogP contribution in [0.4, 0.5) is 10.5 Å². The maximum absolute atomic E-state index is 13.6. The minimum atomic E-state index is -3.31. The van der Waals surface area contributed by atoms with E-state index in [0.717, 1.165) is 11.1 Å². The second-order valence-corrected chi connectivity index (χ2v) is 13.2. The zero-order chi connectivity index (χ0) is 34.2. The fourth-order valence-electron chi connectivity index (χ4n) is 4.81. The van der Waals surface area contributed by atoms with Gasteiger partial charge in [-0.1, -0.05) is 93.1 Å². The number of benzene rings is 3. The summed E-state index contributed by atoms with van der Waals surface area (Å²) in [6.45, 7) is 7.73. The van der Waals surface area contributed by atoms with Crippen molar-refractivity contribution >= 4 is 31.2 Å². The predicted molar refractivity (Wildman–Crippen MR) is 181 cm³/mol. The van der Waals surface area contributed by atoms with Crippen LogP contribution in [-0.2, 0) is 47.1 Å². The van der Waals surface area contributed by atoms with E-state index in [4.69, 9.17) is 13.8 Å². The number of aliphatic hydroxyl groups is 1.